The molecule has 0 bridgehead atoms. The second-order valence-corrected chi connectivity index (χ2v) is 5.76. The van der Waals surface area contributed by atoms with Crippen LogP contribution in [-0.2, 0) is 0 Å². The van der Waals surface area contributed by atoms with E-state index in [1.54, 1.807) is 0 Å². The maximum Gasteiger partial charge on any atom is 0.401 e. The minimum absolute atomic E-state index is 0.232. The Balaban J connectivity index is 2.02. The first-order valence-electron chi connectivity index (χ1n) is 7.14. The van der Waals surface area contributed by atoms with E-state index >= 15 is 0 Å². The highest BCUT2D eigenvalue weighted by molar-refractivity contribution is 5.40. The van der Waals surface area contributed by atoms with Crippen molar-refractivity contribution in [3.05, 3.63) is 17.6 Å². The van der Waals surface area contributed by atoms with Gasteiger partial charge >= 0.3 is 6.18 Å². The Hall–Kier alpha value is -1.37. The second-order valence-electron chi connectivity index (χ2n) is 5.76. The van der Waals surface area contributed by atoms with Gasteiger partial charge in [0.2, 0.25) is 0 Å². The van der Waals surface area contributed by atoms with E-state index in [-0.39, 0.29) is 5.92 Å². The molecule has 0 saturated carbocycles. The number of aromatic nitrogens is 2. The van der Waals surface area contributed by atoms with Crippen molar-refractivity contribution < 1.29 is 13.2 Å². The summed E-state index contributed by atoms with van der Waals surface area (Å²) in [4.78, 5) is 12.4. The van der Waals surface area contributed by atoms with Gasteiger partial charge in [0.1, 0.15) is 11.6 Å². The molecule has 1 aromatic rings. The first-order chi connectivity index (χ1) is 9.74. The van der Waals surface area contributed by atoms with Gasteiger partial charge in [0.15, 0.2) is 0 Å². The molecule has 0 aromatic carbocycles. The van der Waals surface area contributed by atoms with Crippen molar-refractivity contribution in [3.8, 4) is 0 Å². The molecule has 0 radical (unpaired) electrons. The predicted molar refractivity (Wildman–Crippen MR) is 75.6 cm³/mol. The van der Waals surface area contributed by atoms with Crippen LogP contribution < -0.4 is 4.90 Å². The van der Waals surface area contributed by atoms with Gasteiger partial charge in [-0.2, -0.15) is 13.2 Å². The number of nitrogens with zero attached hydrogens (tertiary/aromatic N) is 4. The number of hydrogen-bond donors (Lipinski definition) is 0. The fourth-order valence-electron chi connectivity index (χ4n) is 2.38. The summed E-state index contributed by atoms with van der Waals surface area (Å²) >= 11 is 0. The topological polar surface area (TPSA) is 32.3 Å². The van der Waals surface area contributed by atoms with E-state index in [4.69, 9.17) is 0 Å². The molecule has 4 nitrogen and oxygen atoms in total. The molecule has 1 fully saturated rings. The third-order valence-electron chi connectivity index (χ3n) is 3.47. The zero-order chi connectivity index (χ0) is 15.6. The molecule has 0 atom stereocenters. The molecule has 2 heterocycles. The van der Waals surface area contributed by atoms with Crippen molar-refractivity contribution in [2.45, 2.75) is 32.9 Å². The van der Waals surface area contributed by atoms with E-state index in [9.17, 15) is 13.2 Å². The van der Waals surface area contributed by atoms with Crippen molar-refractivity contribution in [2.24, 2.45) is 0 Å². The summed E-state index contributed by atoms with van der Waals surface area (Å²) in [6, 6.07) is 1.89. The van der Waals surface area contributed by atoms with Crippen molar-refractivity contribution in [1.82, 2.24) is 14.9 Å². The number of anilines is 1. The Bertz CT molecular complexity index is 480. The Morgan fingerprint density at radius 2 is 1.76 bits per heavy atom. The Kier molecular flexibility index (Phi) is 4.70. The van der Waals surface area contributed by atoms with Crippen molar-refractivity contribution in [3.63, 3.8) is 0 Å². The van der Waals surface area contributed by atoms with E-state index < -0.39 is 12.7 Å². The lowest BCUT2D eigenvalue weighted by Gasteiger charge is -2.35. The summed E-state index contributed by atoms with van der Waals surface area (Å²) in [6.45, 7) is 7.06. The Morgan fingerprint density at radius 3 is 2.29 bits per heavy atom. The van der Waals surface area contributed by atoms with Gasteiger partial charge in [-0.1, -0.05) is 13.8 Å². The summed E-state index contributed by atoms with van der Waals surface area (Å²) in [5.74, 6) is 1.83. The standard InChI is InChI=1S/C14H21F3N4/c1-10(2)13-18-11(3)8-12(19-13)21-6-4-20(5-7-21)9-14(15,16)17/h8,10H,4-7,9H2,1-3H3. The molecular weight excluding hydrogens is 281 g/mol. The van der Waals surface area contributed by atoms with Crippen LogP contribution in [0, 0.1) is 6.92 Å². The van der Waals surface area contributed by atoms with Crippen LogP contribution >= 0.6 is 0 Å². The number of halogens is 3. The zero-order valence-corrected chi connectivity index (χ0v) is 12.6. The Morgan fingerprint density at radius 1 is 1.14 bits per heavy atom. The van der Waals surface area contributed by atoms with Gasteiger partial charge in [0, 0.05) is 43.9 Å². The number of alkyl halides is 3. The fourth-order valence-corrected chi connectivity index (χ4v) is 2.38. The third kappa shape index (κ3) is 4.56. The first kappa shape index (κ1) is 16.0. The number of rotatable bonds is 3. The van der Waals surface area contributed by atoms with E-state index in [0.717, 1.165) is 17.3 Å². The van der Waals surface area contributed by atoms with Crippen molar-refractivity contribution >= 4 is 5.82 Å². The minimum Gasteiger partial charge on any atom is -0.354 e. The largest absolute Gasteiger partial charge is 0.401 e. The summed E-state index contributed by atoms with van der Waals surface area (Å²) in [7, 11) is 0. The first-order valence-corrected chi connectivity index (χ1v) is 7.14. The number of piperazine rings is 1. The van der Waals surface area contributed by atoms with E-state index in [0.29, 0.717) is 26.2 Å². The summed E-state index contributed by atoms with van der Waals surface area (Å²) in [5, 5.41) is 0. The summed E-state index contributed by atoms with van der Waals surface area (Å²) < 4.78 is 37.1. The van der Waals surface area contributed by atoms with Gasteiger partial charge in [-0.3, -0.25) is 4.90 Å². The van der Waals surface area contributed by atoms with Crippen LogP contribution in [0.4, 0.5) is 19.0 Å². The van der Waals surface area contributed by atoms with Gasteiger partial charge in [-0.05, 0) is 6.92 Å². The molecule has 1 aromatic heterocycles. The second kappa shape index (κ2) is 6.17. The smallest absolute Gasteiger partial charge is 0.354 e. The van der Waals surface area contributed by atoms with Crippen LogP contribution in [0.5, 0.6) is 0 Å². The highest BCUT2D eigenvalue weighted by Crippen LogP contribution is 2.21. The molecule has 1 aliphatic heterocycles. The minimum atomic E-state index is -4.13. The number of aryl methyl sites for hydroxylation is 1. The lowest BCUT2D eigenvalue weighted by molar-refractivity contribution is -0.146. The molecule has 118 valence electrons. The SMILES string of the molecule is Cc1cc(N2CCN(CC(F)(F)F)CC2)nc(C(C)C)n1. The highest BCUT2D eigenvalue weighted by atomic mass is 19.4. The fraction of sp³-hybridized carbons (Fsp3) is 0.714. The maximum atomic E-state index is 12.4. The lowest BCUT2D eigenvalue weighted by Crippen LogP contribution is -2.49. The van der Waals surface area contributed by atoms with Crippen LogP contribution in [0.3, 0.4) is 0 Å². The quantitative estimate of drug-likeness (QED) is 0.859. The molecule has 1 saturated heterocycles. The molecule has 0 spiro atoms. The number of hydrogen-bond acceptors (Lipinski definition) is 4. The monoisotopic (exact) mass is 302 g/mol. The molecular formula is C14H21F3N4. The molecule has 7 heteroatoms. The predicted octanol–water partition coefficient (Wildman–Crippen LogP) is 2.59. The molecule has 1 aliphatic rings. The third-order valence-corrected chi connectivity index (χ3v) is 3.47. The normalized spacial score (nSPS) is 17.6. The van der Waals surface area contributed by atoms with Crippen LogP contribution in [0.1, 0.15) is 31.3 Å². The molecule has 21 heavy (non-hydrogen) atoms. The average Bonchev–Trinajstić information content (AvgIpc) is 2.37. The van der Waals surface area contributed by atoms with Crippen molar-refractivity contribution in [1.29, 1.82) is 0 Å². The van der Waals surface area contributed by atoms with E-state index in [2.05, 4.69) is 9.97 Å². The summed E-state index contributed by atoms with van der Waals surface area (Å²) in [5.41, 5.74) is 0.890. The van der Waals surface area contributed by atoms with Crippen LogP contribution in [0.2, 0.25) is 0 Å². The van der Waals surface area contributed by atoms with Gasteiger partial charge in [0.05, 0.1) is 6.54 Å². The lowest BCUT2D eigenvalue weighted by atomic mass is 10.2. The van der Waals surface area contributed by atoms with Crippen LogP contribution in [-0.4, -0.2) is 53.8 Å². The highest BCUT2D eigenvalue weighted by Gasteiger charge is 2.32. The average molecular weight is 302 g/mol. The molecule has 0 aliphatic carbocycles. The zero-order valence-electron chi connectivity index (χ0n) is 12.6. The van der Waals surface area contributed by atoms with Gasteiger partial charge < -0.3 is 4.90 Å². The van der Waals surface area contributed by atoms with Gasteiger partial charge in [-0.25, -0.2) is 9.97 Å². The van der Waals surface area contributed by atoms with Crippen LogP contribution in [0.25, 0.3) is 0 Å². The molecule has 0 amide bonds. The summed E-state index contributed by atoms with van der Waals surface area (Å²) in [6.07, 6.45) is -4.13. The van der Waals surface area contributed by atoms with E-state index in [1.165, 1.54) is 4.90 Å². The van der Waals surface area contributed by atoms with Gasteiger partial charge in [-0.15, -0.1) is 0 Å². The molecule has 0 unspecified atom stereocenters. The molecule has 2 rings (SSSR count). The Labute approximate surface area is 123 Å². The van der Waals surface area contributed by atoms with Crippen molar-refractivity contribution in [2.75, 3.05) is 37.6 Å². The van der Waals surface area contributed by atoms with Crippen LogP contribution in [0.15, 0.2) is 6.07 Å². The van der Waals surface area contributed by atoms with Gasteiger partial charge in [0.25, 0.3) is 0 Å². The maximum absolute atomic E-state index is 12.4. The van der Waals surface area contributed by atoms with E-state index in [1.807, 2.05) is 31.7 Å². The molecule has 0 N–H and O–H groups in total.